The number of carbonyl (C=O) groups excluding carboxylic acids is 3. The van der Waals surface area contributed by atoms with E-state index in [2.05, 4.69) is 10.3 Å². The molecular formula is C15H25F3N6O4S. The summed E-state index contributed by atoms with van der Waals surface area (Å²) in [5, 5.41) is 11.8. The predicted octanol–water partition coefficient (Wildman–Crippen LogP) is -4.07. The average Bonchev–Trinajstić information content (AvgIpc) is 3.05. The van der Waals surface area contributed by atoms with Crippen LogP contribution in [0.25, 0.3) is 0 Å². The Balaban J connectivity index is 0.000000516. The largest absolute Gasteiger partial charge is 0.542 e. The molecule has 0 unspecified atom stereocenters. The smallest absolute Gasteiger partial charge is 0.430 e. The van der Waals surface area contributed by atoms with Gasteiger partial charge in [-0.2, -0.15) is 13.2 Å². The zero-order chi connectivity index (χ0) is 22.2. The van der Waals surface area contributed by atoms with Crippen molar-refractivity contribution < 1.29 is 37.7 Å². The molecular weight excluding hydrogens is 417 g/mol. The van der Waals surface area contributed by atoms with Gasteiger partial charge in [-0.1, -0.05) is 0 Å². The van der Waals surface area contributed by atoms with Crippen LogP contribution in [0.3, 0.4) is 0 Å². The number of piperidine rings is 1. The van der Waals surface area contributed by atoms with Gasteiger partial charge in [-0.25, -0.2) is 0 Å². The molecule has 2 rings (SSSR count). The van der Waals surface area contributed by atoms with E-state index in [1.54, 1.807) is 16.7 Å². The topological polar surface area (TPSA) is 182 Å². The van der Waals surface area contributed by atoms with Crippen molar-refractivity contribution in [3.05, 3.63) is 0 Å². The van der Waals surface area contributed by atoms with E-state index in [4.69, 9.17) is 27.1 Å². The molecule has 0 aromatic carbocycles. The van der Waals surface area contributed by atoms with Crippen LogP contribution in [0.5, 0.6) is 0 Å². The van der Waals surface area contributed by atoms with Crippen molar-refractivity contribution in [2.75, 3.05) is 18.8 Å². The number of thioether (sulfide) groups is 1. The normalized spacial score (nSPS) is 23.5. The summed E-state index contributed by atoms with van der Waals surface area (Å²) in [4.78, 5) is 37.7. The van der Waals surface area contributed by atoms with Crippen LogP contribution in [0.15, 0.2) is 0 Å². The number of fused-ring (bicyclic) bond motifs is 1. The molecule has 0 bridgehead atoms. The minimum absolute atomic E-state index is 0.0877. The second-order valence-electron chi connectivity index (χ2n) is 6.40. The molecule has 2 fully saturated rings. The molecule has 0 radical (unpaired) electrons. The molecule has 2 heterocycles. The Morgan fingerprint density at radius 2 is 1.90 bits per heavy atom. The second-order valence-corrected chi connectivity index (χ2v) is 7.61. The van der Waals surface area contributed by atoms with Gasteiger partial charge in [-0.3, -0.25) is 26.0 Å². The number of hydrogen-bond donors (Lipinski definition) is 5. The van der Waals surface area contributed by atoms with Gasteiger partial charge in [0.25, 0.3) is 0 Å². The van der Waals surface area contributed by atoms with Gasteiger partial charge in [-0.15, -0.1) is 11.8 Å². The Bertz CT molecular complexity index is 630. The van der Waals surface area contributed by atoms with Crippen LogP contribution < -0.4 is 32.6 Å². The number of carboxylic acids is 1. The van der Waals surface area contributed by atoms with Gasteiger partial charge in [0, 0.05) is 12.3 Å². The Kier molecular flexibility index (Phi) is 9.49. The molecule has 14 heteroatoms. The first-order valence-corrected chi connectivity index (χ1v) is 9.87. The number of rotatable bonds is 6. The summed E-state index contributed by atoms with van der Waals surface area (Å²) in [5.74, 6) is -2.34. The van der Waals surface area contributed by atoms with E-state index in [-0.39, 0.29) is 29.2 Å². The highest BCUT2D eigenvalue weighted by molar-refractivity contribution is 8.00. The molecule has 0 aromatic rings. The van der Waals surface area contributed by atoms with E-state index < -0.39 is 18.2 Å². The highest BCUT2D eigenvalue weighted by Crippen LogP contribution is 2.36. The number of unbranched alkanes of at least 4 members (excludes halogenated alkanes) is 1. The number of amides is 2. The van der Waals surface area contributed by atoms with Gasteiger partial charge in [0.15, 0.2) is 0 Å². The third-order valence-corrected chi connectivity index (χ3v) is 5.51. The standard InChI is InChI=1S/C13H24N6O2S.C2HF3O2/c14-8-3-4-10-19(12(8)21)9(7-22-10)11(20)17-5-1-2-6-18-13(15)16;3-2(4,5)1(6)7/h8-10H,1-7,14H2,(H,17,20)(H4,15,16,18);(H,6,7)/t8-,9+,10+;/m1./s1. The van der Waals surface area contributed by atoms with E-state index in [0.717, 1.165) is 19.3 Å². The van der Waals surface area contributed by atoms with Crippen LogP contribution >= 0.6 is 11.8 Å². The third-order valence-electron chi connectivity index (χ3n) is 4.15. The number of nitrogens with zero attached hydrogens (tertiary/aromatic N) is 1. The van der Waals surface area contributed by atoms with Gasteiger partial charge in [0.2, 0.25) is 11.8 Å². The van der Waals surface area contributed by atoms with Gasteiger partial charge in [-0.05, 0) is 25.7 Å². The number of carbonyl (C=O) groups is 3. The van der Waals surface area contributed by atoms with Gasteiger partial charge >= 0.3 is 12.1 Å². The van der Waals surface area contributed by atoms with E-state index in [1.165, 1.54) is 0 Å². The minimum atomic E-state index is -5.19. The van der Waals surface area contributed by atoms with Crippen LogP contribution in [0.4, 0.5) is 13.2 Å². The van der Waals surface area contributed by atoms with Crippen molar-refractivity contribution in [3.8, 4) is 0 Å². The highest BCUT2D eigenvalue weighted by atomic mass is 32.2. The first-order valence-electron chi connectivity index (χ1n) is 8.82. The number of hydrogen-bond acceptors (Lipinski definition) is 6. The van der Waals surface area contributed by atoms with Crippen molar-refractivity contribution in [2.45, 2.75) is 49.3 Å². The van der Waals surface area contributed by atoms with Gasteiger partial charge in [0.05, 0.1) is 18.0 Å². The molecule has 0 spiro atoms. The summed E-state index contributed by atoms with van der Waals surface area (Å²) in [6.07, 6.45) is -1.95. The van der Waals surface area contributed by atoms with Gasteiger partial charge < -0.3 is 25.9 Å². The predicted molar refractivity (Wildman–Crippen MR) is 96.6 cm³/mol. The molecule has 29 heavy (non-hydrogen) atoms. The maximum absolute atomic E-state index is 12.3. The summed E-state index contributed by atoms with van der Waals surface area (Å²) >= 11 is 1.67. The molecule has 0 aromatic heterocycles. The number of nitrogens with two attached hydrogens (primary N) is 3. The molecule has 3 atom stereocenters. The number of halogens is 3. The molecule has 10 nitrogen and oxygen atoms in total. The molecule has 2 saturated heterocycles. The first-order chi connectivity index (χ1) is 13.4. The molecule has 2 aliphatic rings. The molecule has 166 valence electrons. The van der Waals surface area contributed by atoms with E-state index in [0.29, 0.717) is 25.3 Å². The summed E-state index contributed by atoms with van der Waals surface area (Å²) < 4.78 is 31.5. The number of aliphatic carboxylic acids is 1. The molecule has 2 aliphatic heterocycles. The number of guanidine groups is 1. The highest BCUT2D eigenvalue weighted by Gasteiger charge is 2.45. The monoisotopic (exact) mass is 442 g/mol. The van der Waals surface area contributed by atoms with Crippen molar-refractivity contribution in [1.29, 1.82) is 0 Å². The number of carboxylic acid groups (broad SMARTS) is 1. The molecule has 8 N–H and O–H groups in total. The van der Waals surface area contributed by atoms with E-state index in [9.17, 15) is 22.8 Å². The SMILES string of the molecule is NC(N)=[NH+]CCCCNC(=O)[C@@H]1CS[C@H]2CC[C@@H](N)C(=O)N21.O=C([O-])C(F)(F)F. The Hall–Kier alpha value is -2.22. The summed E-state index contributed by atoms with van der Waals surface area (Å²) in [7, 11) is 0. The Morgan fingerprint density at radius 3 is 2.45 bits per heavy atom. The van der Waals surface area contributed by atoms with Crippen molar-refractivity contribution >= 4 is 35.5 Å². The van der Waals surface area contributed by atoms with Crippen LogP contribution in [-0.4, -0.2) is 71.1 Å². The summed E-state index contributed by atoms with van der Waals surface area (Å²) in [6.45, 7) is 1.25. The van der Waals surface area contributed by atoms with Crippen LogP contribution in [0.1, 0.15) is 25.7 Å². The fraction of sp³-hybridized carbons (Fsp3) is 0.733. The van der Waals surface area contributed by atoms with E-state index in [1.807, 2.05) is 0 Å². The van der Waals surface area contributed by atoms with Crippen molar-refractivity contribution in [1.82, 2.24) is 10.2 Å². The lowest BCUT2D eigenvalue weighted by Crippen LogP contribution is -2.78. The number of alkyl halides is 3. The molecule has 0 aliphatic carbocycles. The number of nitrogens with one attached hydrogen (secondary N) is 2. The zero-order valence-corrected chi connectivity index (χ0v) is 16.4. The van der Waals surface area contributed by atoms with Crippen LogP contribution in [0.2, 0.25) is 0 Å². The maximum atomic E-state index is 12.3. The first kappa shape index (κ1) is 24.8. The van der Waals surface area contributed by atoms with E-state index >= 15 is 0 Å². The fourth-order valence-electron chi connectivity index (χ4n) is 2.73. The second kappa shape index (κ2) is 11.1. The maximum Gasteiger partial charge on any atom is 0.430 e. The molecule has 0 saturated carbocycles. The molecule has 2 amide bonds. The Morgan fingerprint density at radius 1 is 1.28 bits per heavy atom. The zero-order valence-electron chi connectivity index (χ0n) is 15.5. The average molecular weight is 442 g/mol. The lowest BCUT2D eigenvalue weighted by atomic mass is 10.0. The van der Waals surface area contributed by atoms with Crippen molar-refractivity contribution in [2.24, 2.45) is 17.2 Å². The minimum Gasteiger partial charge on any atom is -0.542 e. The lowest BCUT2D eigenvalue weighted by molar-refractivity contribution is -0.459. The third kappa shape index (κ3) is 7.97. The Labute approximate surface area is 169 Å². The fourth-order valence-corrected chi connectivity index (χ4v) is 4.16. The summed E-state index contributed by atoms with van der Waals surface area (Å²) in [5.41, 5.74) is 16.4. The lowest BCUT2D eigenvalue weighted by Gasteiger charge is -2.35. The van der Waals surface area contributed by atoms with Crippen molar-refractivity contribution in [3.63, 3.8) is 0 Å². The van der Waals surface area contributed by atoms with Crippen LogP contribution in [-0.2, 0) is 14.4 Å². The quantitative estimate of drug-likeness (QED) is 0.156. The van der Waals surface area contributed by atoms with Crippen LogP contribution in [0, 0.1) is 0 Å². The van der Waals surface area contributed by atoms with Gasteiger partial charge in [0.1, 0.15) is 12.0 Å². The summed E-state index contributed by atoms with van der Waals surface area (Å²) in [6, 6.07) is -0.853.